The van der Waals surface area contributed by atoms with Gasteiger partial charge >= 0.3 is 0 Å². The largest absolute Gasteiger partial charge is 0.345 e. The van der Waals surface area contributed by atoms with Gasteiger partial charge in [-0.1, -0.05) is 79.9 Å². The van der Waals surface area contributed by atoms with Crippen LogP contribution in [0.15, 0.2) is 60.7 Å². The molecule has 1 aliphatic carbocycles. The van der Waals surface area contributed by atoms with Crippen LogP contribution in [0.25, 0.3) is 0 Å². The van der Waals surface area contributed by atoms with Crippen LogP contribution in [0.3, 0.4) is 0 Å². The van der Waals surface area contributed by atoms with Gasteiger partial charge in [-0.3, -0.25) is 4.79 Å². The zero-order chi connectivity index (χ0) is 15.9. The average molecular weight is 307 g/mol. The van der Waals surface area contributed by atoms with Gasteiger partial charge in [0, 0.05) is 6.42 Å². The molecule has 2 nitrogen and oxygen atoms in total. The van der Waals surface area contributed by atoms with Gasteiger partial charge in [0.1, 0.15) is 0 Å². The van der Waals surface area contributed by atoms with E-state index in [4.69, 9.17) is 0 Å². The number of amides is 1. The number of nitrogens with one attached hydrogen (secondary N) is 1. The summed E-state index contributed by atoms with van der Waals surface area (Å²) < 4.78 is 0. The van der Waals surface area contributed by atoms with Gasteiger partial charge in [-0.05, 0) is 29.9 Å². The molecular weight excluding hydrogens is 282 g/mol. The van der Waals surface area contributed by atoms with E-state index >= 15 is 0 Å². The average Bonchev–Trinajstić information content (AvgIpc) is 2.62. The first kappa shape index (κ1) is 15.8. The molecule has 0 radical (unpaired) electrons. The molecule has 1 amide bonds. The van der Waals surface area contributed by atoms with Gasteiger partial charge in [0.15, 0.2) is 0 Å². The number of hydrogen-bond donors (Lipinski definition) is 1. The molecule has 0 aromatic heterocycles. The Morgan fingerprint density at radius 2 is 1.39 bits per heavy atom. The first-order valence-corrected chi connectivity index (χ1v) is 8.72. The van der Waals surface area contributed by atoms with Crippen LogP contribution in [0.2, 0.25) is 0 Å². The number of hydrogen-bond acceptors (Lipinski definition) is 1. The van der Waals surface area contributed by atoms with Crippen molar-refractivity contribution in [3.63, 3.8) is 0 Å². The third-order valence-corrected chi connectivity index (χ3v) is 4.77. The topological polar surface area (TPSA) is 29.1 Å². The zero-order valence-electron chi connectivity index (χ0n) is 13.6. The minimum atomic E-state index is -0.0616. The van der Waals surface area contributed by atoms with Crippen molar-refractivity contribution in [2.75, 3.05) is 0 Å². The van der Waals surface area contributed by atoms with Crippen LogP contribution in [-0.4, -0.2) is 5.91 Å². The molecule has 0 unspecified atom stereocenters. The summed E-state index contributed by atoms with van der Waals surface area (Å²) in [6.07, 6.45) is 6.95. The summed E-state index contributed by atoms with van der Waals surface area (Å²) in [5.74, 6) is 0.741. The molecule has 2 heteroatoms. The third kappa shape index (κ3) is 4.44. The third-order valence-electron chi connectivity index (χ3n) is 4.77. The van der Waals surface area contributed by atoms with E-state index in [2.05, 4.69) is 29.6 Å². The van der Waals surface area contributed by atoms with Gasteiger partial charge in [0.05, 0.1) is 6.04 Å². The number of carbonyl (C=O) groups is 1. The molecule has 120 valence electrons. The van der Waals surface area contributed by atoms with E-state index in [0.29, 0.717) is 12.3 Å². The summed E-state index contributed by atoms with van der Waals surface area (Å²) in [6.45, 7) is 0. The Hall–Kier alpha value is -2.09. The molecule has 0 bridgehead atoms. The highest BCUT2D eigenvalue weighted by molar-refractivity contribution is 5.77. The summed E-state index contributed by atoms with van der Waals surface area (Å²) in [4.78, 5) is 12.6. The van der Waals surface area contributed by atoms with Crippen LogP contribution in [0.1, 0.15) is 55.7 Å². The molecule has 1 fully saturated rings. The molecule has 0 heterocycles. The quantitative estimate of drug-likeness (QED) is 0.839. The minimum Gasteiger partial charge on any atom is -0.345 e. The summed E-state index contributed by atoms with van der Waals surface area (Å²) >= 11 is 0. The maximum Gasteiger partial charge on any atom is 0.221 e. The van der Waals surface area contributed by atoms with Crippen LogP contribution in [-0.2, 0) is 4.79 Å². The molecule has 0 atom stereocenters. The standard InChI is InChI=1S/C21H25NO/c23-20(16-17-10-4-1-5-11-17)22-21(18-12-6-2-7-13-18)19-14-8-3-9-15-19/h2-3,6-9,12-15,17,21H,1,4-5,10-11,16H2,(H,22,23). The SMILES string of the molecule is O=C(CC1CCCCC1)NC(c1ccccc1)c1ccccc1. The van der Waals surface area contributed by atoms with Crippen LogP contribution in [0.5, 0.6) is 0 Å². The second-order valence-electron chi connectivity index (χ2n) is 6.53. The van der Waals surface area contributed by atoms with E-state index in [1.807, 2.05) is 36.4 Å². The Kier molecular flexibility index (Phi) is 5.46. The molecule has 23 heavy (non-hydrogen) atoms. The predicted molar refractivity (Wildman–Crippen MR) is 94.1 cm³/mol. The molecule has 0 saturated heterocycles. The van der Waals surface area contributed by atoms with Crippen LogP contribution >= 0.6 is 0 Å². The summed E-state index contributed by atoms with van der Waals surface area (Å²) in [5, 5.41) is 3.26. The summed E-state index contributed by atoms with van der Waals surface area (Å²) in [7, 11) is 0. The van der Waals surface area contributed by atoms with Crippen molar-refractivity contribution >= 4 is 5.91 Å². The molecule has 0 aliphatic heterocycles. The van der Waals surface area contributed by atoms with Crippen molar-refractivity contribution in [1.82, 2.24) is 5.32 Å². The molecule has 0 spiro atoms. The lowest BCUT2D eigenvalue weighted by Crippen LogP contribution is -2.31. The summed E-state index contributed by atoms with van der Waals surface area (Å²) in [6, 6.07) is 20.4. The predicted octanol–water partition coefficient (Wildman–Crippen LogP) is 4.86. The van der Waals surface area contributed by atoms with Gasteiger partial charge in [0.2, 0.25) is 5.91 Å². The van der Waals surface area contributed by atoms with Crippen molar-refractivity contribution in [1.29, 1.82) is 0 Å². The molecule has 3 rings (SSSR count). The van der Waals surface area contributed by atoms with Gasteiger partial charge in [-0.25, -0.2) is 0 Å². The van der Waals surface area contributed by atoms with Gasteiger partial charge in [-0.2, -0.15) is 0 Å². The lowest BCUT2D eigenvalue weighted by atomic mass is 9.86. The fraction of sp³-hybridized carbons (Fsp3) is 0.381. The van der Waals surface area contributed by atoms with Crippen LogP contribution in [0, 0.1) is 5.92 Å². The molecule has 1 aliphatic rings. The number of carbonyl (C=O) groups excluding carboxylic acids is 1. The Morgan fingerprint density at radius 1 is 0.870 bits per heavy atom. The van der Waals surface area contributed by atoms with Gasteiger partial charge < -0.3 is 5.32 Å². The second kappa shape index (κ2) is 7.96. The first-order chi connectivity index (χ1) is 11.3. The Bertz CT molecular complexity index is 563. The van der Waals surface area contributed by atoms with Crippen molar-refractivity contribution in [2.24, 2.45) is 5.92 Å². The summed E-state index contributed by atoms with van der Waals surface area (Å²) in [5.41, 5.74) is 2.27. The molecule has 1 N–H and O–H groups in total. The number of benzene rings is 2. The van der Waals surface area contributed by atoms with Crippen LogP contribution < -0.4 is 5.32 Å². The zero-order valence-corrected chi connectivity index (χ0v) is 13.6. The lowest BCUT2D eigenvalue weighted by Gasteiger charge is -2.24. The minimum absolute atomic E-state index is 0.0616. The molecule has 2 aromatic carbocycles. The van der Waals surface area contributed by atoms with Crippen molar-refractivity contribution in [3.8, 4) is 0 Å². The highest BCUT2D eigenvalue weighted by Crippen LogP contribution is 2.27. The number of rotatable bonds is 5. The van der Waals surface area contributed by atoms with Crippen molar-refractivity contribution in [2.45, 2.75) is 44.6 Å². The van der Waals surface area contributed by atoms with Crippen LogP contribution in [0.4, 0.5) is 0 Å². The van der Waals surface area contributed by atoms with E-state index in [1.165, 1.54) is 32.1 Å². The van der Waals surface area contributed by atoms with E-state index in [9.17, 15) is 4.79 Å². The molecule has 1 saturated carbocycles. The fourth-order valence-corrected chi connectivity index (χ4v) is 3.52. The Morgan fingerprint density at radius 3 is 1.91 bits per heavy atom. The monoisotopic (exact) mass is 307 g/mol. The Balaban J connectivity index is 1.72. The molecule has 2 aromatic rings. The van der Waals surface area contributed by atoms with Gasteiger partial charge in [-0.15, -0.1) is 0 Å². The Labute approximate surface area is 138 Å². The van der Waals surface area contributed by atoms with E-state index in [-0.39, 0.29) is 11.9 Å². The van der Waals surface area contributed by atoms with E-state index < -0.39 is 0 Å². The lowest BCUT2D eigenvalue weighted by molar-refractivity contribution is -0.122. The first-order valence-electron chi connectivity index (χ1n) is 8.72. The maximum atomic E-state index is 12.6. The van der Waals surface area contributed by atoms with E-state index in [0.717, 1.165) is 11.1 Å². The van der Waals surface area contributed by atoms with Crippen molar-refractivity contribution in [3.05, 3.63) is 71.8 Å². The smallest absolute Gasteiger partial charge is 0.221 e. The molecular formula is C21H25NO. The fourth-order valence-electron chi connectivity index (χ4n) is 3.52. The maximum absolute atomic E-state index is 12.6. The highest BCUT2D eigenvalue weighted by atomic mass is 16.1. The van der Waals surface area contributed by atoms with Gasteiger partial charge in [0.25, 0.3) is 0 Å². The van der Waals surface area contributed by atoms with Crippen molar-refractivity contribution < 1.29 is 4.79 Å². The highest BCUT2D eigenvalue weighted by Gasteiger charge is 2.20. The normalized spacial score (nSPS) is 15.5. The second-order valence-corrected chi connectivity index (χ2v) is 6.53. The van der Waals surface area contributed by atoms with E-state index in [1.54, 1.807) is 0 Å².